The topological polar surface area (TPSA) is 49.4 Å². The van der Waals surface area contributed by atoms with Gasteiger partial charge in [0.2, 0.25) is 0 Å². The maximum absolute atomic E-state index is 13.7. The molecular weight excluding hydrogens is 352 g/mol. The van der Waals surface area contributed by atoms with Crippen LogP contribution in [0.2, 0.25) is 0 Å². The Kier molecular flexibility index (Phi) is 7.59. The van der Waals surface area contributed by atoms with Gasteiger partial charge in [-0.3, -0.25) is 0 Å². The summed E-state index contributed by atoms with van der Waals surface area (Å²) >= 11 is 2.91. The van der Waals surface area contributed by atoms with Crippen LogP contribution in [0.15, 0.2) is 16.6 Å². The Hall–Kier alpha value is -0.240. The average molecular weight is 363 g/mol. The van der Waals surface area contributed by atoms with Gasteiger partial charge in [0.25, 0.3) is 5.92 Å². The average Bonchev–Trinajstić information content (AvgIpc) is 2.31. The summed E-state index contributed by atoms with van der Waals surface area (Å²) in [5, 5.41) is 10.6. The first-order chi connectivity index (χ1) is 8.69. The van der Waals surface area contributed by atoms with Crippen LogP contribution in [0.5, 0.6) is 5.75 Å². The van der Waals surface area contributed by atoms with Gasteiger partial charge in [-0.15, -0.1) is 0 Å². The minimum absolute atomic E-state index is 0. The minimum Gasteiger partial charge on any atom is -0.546 e. The van der Waals surface area contributed by atoms with Crippen LogP contribution in [0, 0.1) is 5.82 Å². The third kappa shape index (κ3) is 4.65. The van der Waals surface area contributed by atoms with Crippen molar-refractivity contribution in [3.63, 3.8) is 0 Å². The summed E-state index contributed by atoms with van der Waals surface area (Å²) in [5.74, 6) is -6.78. The first-order valence-electron chi connectivity index (χ1n) is 5.44. The number of carbonyl (C=O) groups is 1. The number of alkyl halides is 2. The predicted octanol–water partition coefficient (Wildman–Crippen LogP) is -0.389. The minimum atomic E-state index is -3.33. The Morgan fingerprint density at radius 3 is 2.50 bits per heavy atom. The van der Waals surface area contributed by atoms with E-state index < -0.39 is 41.5 Å². The van der Waals surface area contributed by atoms with Crippen LogP contribution in [0.1, 0.15) is 25.8 Å². The van der Waals surface area contributed by atoms with Gasteiger partial charge in [-0.25, -0.2) is 13.2 Å². The molecule has 0 aliphatic heterocycles. The normalized spacial score (nSPS) is 12.5. The molecule has 0 saturated heterocycles. The summed E-state index contributed by atoms with van der Waals surface area (Å²) in [6, 6.07) is 1.93. The summed E-state index contributed by atoms with van der Waals surface area (Å²) in [5.41, 5.74) is -0.699. The third-order valence-electron chi connectivity index (χ3n) is 2.47. The molecule has 1 atom stereocenters. The molecule has 0 bridgehead atoms. The predicted molar refractivity (Wildman–Crippen MR) is 63.4 cm³/mol. The van der Waals surface area contributed by atoms with Crippen LogP contribution in [0.25, 0.3) is 0 Å². The zero-order valence-electron chi connectivity index (χ0n) is 11.2. The van der Waals surface area contributed by atoms with E-state index in [0.29, 0.717) is 0 Å². The molecule has 0 fully saturated rings. The van der Waals surface area contributed by atoms with Crippen LogP contribution in [-0.4, -0.2) is 12.1 Å². The van der Waals surface area contributed by atoms with Crippen LogP contribution in [-0.2, 0) is 10.7 Å². The van der Waals surface area contributed by atoms with E-state index in [1.165, 1.54) is 6.92 Å². The van der Waals surface area contributed by atoms with Crippen LogP contribution < -0.4 is 39.4 Å². The fourth-order valence-corrected chi connectivity index (χ4v) is 1.80. The SMILES string of the molecule is CCC(F)(F)c1cc(Br)cc(F)c1O[C@@H](C)C(=O)[O-].[Na+]. The van der Waals surface area contributed by atoms with Crippen molar-refractivity contribution >= 4 is 21.9 Å². The van der Waals surface area contributed by atoms with Gasteiger partial charge in [-0.05, 0) is 19.1 Å². The Morgan fingerprint density at radius 1 is 1.50 bits per heavy atom. The van der Waals surface area contributed by atoms with Crippen LogP contribution >= 0.6 is 15.9 Å². The van der Waals surface area contributed by atoms with E-state index in [4.69, 9.17) is 4.74 Å². The molecule has 0 unspecified atom stereocenters. The number of carboxylic acid groups (broad SMARTS) is 1. The van der Waals surface area contributed by atoms with Crippen molar-refractivity contribution in [1.82, 2.24) is 0 Å². The van der Waals surface area contributed by atoms with E-state index in [2.05, 4.69) is 15.9 Å². The van der Waals surface area contributed by atoms with Gasteiger partial charge in [0.15, 0.2) is 11.6 Å². The Balaban J connectivity index is 0.00000361. The van der Waals surface area contributed by atoms with Crippen molar-refractivity contribution in [3.05, 3.63) is 28.0 Å². The maximum atomic E-state index is 13.7. The second-order valence-electron chi connectivity index (χ2n) is 3.90. The number of carboxylic acids is 1. The molecule has 3 nitrogen and oxygen atoms in total. The molecule has 0 aliphatic carbocycles. The quantitative estimate of drug-likeness (QED) is 0.670. The first kappa shape index (κ1) is 19.8. The summed E-state index contributed by atoms with van der Waals surface area (Å²) in [4.78, 5) is 10.6. The van der Waals surface area contributed by atoms with Crippen molar-refractivity contribution in [2.75, 3.05) is 0 Å². The Labute approximate surface area is 144 Å². The molecule has 0 heterocycles. The monoisotopic (exact) mass is 362 g/mol. The van der Waals surface area contributed by atoms with E-state index in [0.717, 1.165) is 19.1 Å². The maximum Gasteiger partial charge on any atom is 1.00 e. The molecule has 20 heavy (non-hydrogen) atoms. The molecule has 0 aliphatic rings. The molecule has 8 heteroatoms. The molecule has 106 valence electrons. The number of ether oxygens (including phenoxy) is 1. The molecule has 1 aromatic carbocycles. The molecular formula is C12H11BrF3NaO3. The molecule has 0 N–H and O–H groups in total. The fourth-order valence-electron chi connectivity index (χ4n) is 1.37. The zero-order chi connectivity index (χ0) is 14.8. The summed E-state index contributed by atoms with van der Waals surface area (Å²) in [6.07, 6.45) is -2.11. The number of hydrogen-bond donors (Lipinski definition) is 0. The van der Waals surface area contributed by atoms with Gasteiger partial charge in [-0.2, -0.15) is 0 Å². The van der Waals surface area contributed by atoms with Gasteiger partial charge < -0.3 is 14.6 Å². The van der Waals surface area contributed by atoms with E-state index in [1.807, 2.05) is 0 Å². The molecule has 0 saturated carbocycles. The number of carbonyl (C=O) groups excluding carboxylic acids is 1. The number of hydrogen-bond acceptors (Lipinski definition) is 3. The smallest absolute Gasteiger partial charge is 0.546 e. The van der Waals surface area contributed by atoms with E-state index in [9.17, 15) is 23.1 Å². The first-order valence-corrected chi connectivity index (χ1v) is 6.23. The van der Waals surface area contributed by atoms with Gasteiger partial charge >= 0.3 is 29.6 Å². The molecule has 0 aromatic heterocycles. The van der Waals surface area contributed by atoms with Crippen molar-refractivity contribution in [1.29, 1.82) is 0 Å². The summed E-state index contributed by atoms with van der Waals surface area (Å²) in [6.45, 7) is 2.30. The van der Waals surface area contributed by atoms with Crippen LogP contribution in [0.4, 0.5) is 13.2 Å². The second kappa shape index (κ2) is 7.68. The largest absolute Gasteiger partial charge is 1.00 e. The summed E-state index contributed by atoms with van der Waals surface area (Å²) < 4.78 is 46.0. The zero-order valence-corrected chi connectivity index (χ0v) is 14.8. The van der Waals surface area contributed by atoms with Crippen molar-refractivity contribution in [2.24, 2.45) is 0 Å². The Bertz CT molecular complexity index is 497. The number of halogens is 4. The van der Waals surface area contributed by atoms with Gasteiger partial charge in [-0.1, -0.05) is 22.9 Å². The van der Waals surface area contributed by atoms with E-state index in [-0.39, 0.29) is 34.0 Å². The van der Waals surface area contributed by atoms with Crippen LogP contribution in [0.3, 0.4) is 0 Å². The van der Waals surface area contributed by atoms with Gasteiger partial charge in [0.1, 0.15) is 6.10 Å². The molecule has 0 radical (unpaired) electrons. The van der Waals surface area contributed by atoms with Gasteiger partial charge in [0.05, 0.1) is 11.5 Å². The summed E-state index contributed by atoms with van der Waals surface area (Å²) in [7, 11) is 0. The van der Waals surface area contributed by atoms with Crippen molar-refractivity contribution < 1.29 is 57.4 Å². The third-order valence-corrected chi connectivity index (χ3v) is 2.93. The Morgan fingerprint density at radius 2 is 2.05 bits per heavy atom. The van der Waals surface area contributed by atoms with Crippen molar-refractivity contribution in [2.45, 2.75) is 32.3 Å². The molecule has 1 rings (SSSR count). The molecule has 1 aromatic rings. The number of aliphatic carboxylic acids is 1. The number of benzene rings is 1. The fraction of sp³-hybridized carbons (Fsp3) is 0.417. The number of rotatable bonds is 5. The van der Waals surface area contributed by atoms with E-state index >= 15 is 0 Å². The standard InChI is InChI=1S/C12H12BrF3O3.Na/c1-3-12(15,16)8-4-7(13)5-9(14)10(8)19-6(2)11(17)18;/h4-6H,3H2,1-2H3,(H,17,18);/q;+1/p-1/t6-;/m0./s1. The molecule has 0 spiro atoms. The second-order valence-corrected chi connectivity index (χ2v) is 4.82. The van der Waals surface area contributed by atoms with Crippen molar-refractivity contribution in [3.8, 4) is 5.75 Å². The van der Waals surface area contributed by atoms with Gasteiger partial charge in [0, 0.05) is 10.9 Å². The van der Waals surface area contributed by atoms with E-state index in [1.54, 1.807) is 0 Å². The molecule has 0 amide bonds.